The average Bonchev–Trinajstić information content (AvgIpc) is 2.51. The fourth-order valence-electron chi connectivity index (χ4n) is 0.780. The molecule has 0 saturated heterocycles. The minimum atomic E-state index is -0.679. The van der Waals surface area contributed by atoms with Crippen molar-refractivity contribution in [1.82, 2.24) is 5.32 Å². The van der Waals surface area contributed by atoms with Crippen molar-refractivity contribution in [2.75, 3.05) is 0 Å². The van der Waals surface area contributed by atoms with E-state index in [9.17, 15) is 9.59 Å². The van der Waals surface area contributed by atoms with Gasteiger partial charge in [-0.3, -0.25) is 9.59 Å². The molecule has 4 nitrogen and oxygen atoms in total. The highest BCUT2D eigenvalue weighted by atomic mass is 35.5. The van der Waals surface area contributed by atoms with Gasteiger partial charge in [-0.25, -0.2) is 0 Å². The van der Waals surface area contributed by atoms with Crippen LogP contribution in [0.4, 0.5) is 0 Å². The monoisotopic (exact) mass is 232 g/mol. The van der Waals surface area contributed by atoms with Crippen LogP contribution in [-0.4, -0.2) is 17.9 Å². The molecule has 1 aromatic heterocycles. The van der Waals surface area contributed by atoms with Gasteiger partial charge in [-0.05, 0) is 13.0 Å². The van der Waals surface area contributed by atoms with E-state index in [0.29, 0.717) is 9.90 Å². The van der Waals surface area contributed by atoms with Crippen molar-refractivity contribution >= 4 is 34.8 Å². The van der Waals surface area contributed by atoms with Gasteiger partial charge in [0.15, 0.2) is 0 Å². The fourth-order valence-corrected chi connectivity index (χ4v) is 1.64. The molecule has 3 N–H and O–H groups in total. The van der Waals surface area contributed by atoms with E-state index in [1.54, 1.807) is 5.38 Å². The predicted molar refractivity (Wildman–Crippen MR) is 55.5 cm³/mol. The number of nitrogens with one attached hydrogen (secondary N) is 1. The van der Waals surface area contributed by atoms with Gasteiger partial charge in [0, 0.05) is 5.38 Å². The summed E-state index contributed by atoms with van der Waals surface area (Å²) in [6.45, 7) is 1.52. The number of primary amides is 1. The molecule has 1 atom stereocenters. The molecule has 0 unspecified atom stereocenters. The second kappa shape index (κ2) is 4.43. The normalized spacial score (nSPS) is 12.1. The van der Waals surface area contributed by atoms with E-state index in [-0.39, 0.29) is 5.91 Å². The Kier molecular flexibility index (Phi) is 3.49. The van der Waals surface area contributed by atoms with Crippen LogP contribution >= 0.6 is 22.9 Å². The molecule has 0 radical (unpaired) electrons. The van der Waals surface area contributed by atoms with E-state index in [0.717, 1.165) is 0 Å². The van der Waals surface area contributed by atoms with Gasteiger partial charge >= 0.3 is 0 Å². The van der Waals surface area contributed by atoms with Crippen molar-refractivity contribution in [1.29, 1.82) is 0 Å². The van der Waals surface area contributed by atoms with Crippen LogP contribution in [-0.2, 0) is 4.79 Å². The molecule has 14 heavy (non-hydrogen) atoms. The second-order valence-electron chi connectivity index (χ2n) is 2.74. The number of hydrogen-bond donors (Lipinski definition) is 2. The first-order chi connectivity index (χ1) is 6.50. The van der Waals surface area contributed by atoms with E-state index < -0.39 is 11.9 Å². The summed E-state index contributed by atoms with van der Waals surface area (Å²) in [4.78, 5) is 22.1. The summed E-state index contributed by atoms with van der Waals surface area (Å²) in [5.41, 5.74) is 5.43. The van der Waals surface area contributed by atoms with Gasteiger partial charge in [0.2, 0.25) is 5.91 Å². The number of amides is 2. The maximum absolute atomic E-state index is 11.4. The second-order valence-corrected chi connectivity index (χ2v) is 4.28. The highest BCUT2D eigenvalue weighted by molar-refractivity contribution is 7.14. The van der Waals surface area contributed by atoms with Gasteiger partial charge in [0.25, 0.3) is 5.91 Å². The Bertz CT molecular complexity index is 364. The van der Waals surface area contributed by atoms with Crippen molar-refractivity contribution in [3.05, 3.63) is 21.3 Å². The van der Waals surface area contributed by atoms with Gasteiger partial charge in [0.1, 0.15) is 6.04 Å². The van der Waals surface area contributed by atoms with Crippen LogP contribution in [0.2, 0.25) is 4.34 Å². The van der Waals surface area contributed by atoms with Crippen molar-refractivity contribution in [3.8, 4) is 0 Å². The minimum Gasteiger partial charge on any atom is -0.368 e. The summed E-state index contributed by atoms with van der Waals surface area (Å²) >= 11 is 6.91. The summed E-state index contributed by atoms with van der Waals surface area (Å²) in [7, 11) is 0. The van der Waals surface area contributed by atoms with E-state index in [1.165, 1.54) is 24.3 Å². The molecule has 1 aromatic rings. The lowest BCUT2D eigenvalue weighted by Crippen LogP contribution is -2.42. The highest BCUT2D eigenvalue weighted by Crippen LogP contribution is 2.19. The highest BCUT2D eigenvalue weighted by Gasteiger charge is 2.14. The van der Waals surface area contributed by atoms with Gasteiger partial charge in [-0.15, -0.1) is 11.3 Å². The molecule has 0 spiro atoms. The largest absolute Gasteiger partial charge is 0.368 e. The Morgan fingerprint density at radius 3 is 2.71 bits per heavy atom. The molecular weight excluding hydrogens is 224 g/mol. The number of halogens is 1. The first-order valence-corrected chi connectivity index (χ1v) is 5.10. The molecule has 76 valence electrons. The van der Waals surface area contributed by atoms with Crippen LogP contribution in [0.1, 0.15) is 17.3 Å². The smallest absolute Gasteiger partial charge is 0.252 e. The molecule has 6 heteroatoms. The van der Waals surface area contributed by atoms with E-state index >= 15 is 0 Å². The summed E-state index contributed by atoms with van der Waals surface area (Å²) in [6, 6.07) is 0.858. The van der Waals surface area contributed by atoms with Crippen LogP contribution in [0.15, 0.2) is 11.4 Å². The predicted octanol–water partition coefficient (Wildman–Crippen LogP) is 1.01. The van der Waals surface area contributed by atoms with Crippen LogP contribution < -0.4 is 11.1 Å². The Labute approximate surface area is 90.0 Å². The van der Waals surface area contributed by atoms with Gasteiger partial charge < -0.3 is 11.1 Å². The summed E-state index contributed by atoms with van der Waals surface area (Å²) in [5.74, 6) is -0.917. The maximum Gasteiger partial charge on any atom is 0.252 e. The van der Waals surface area contributed by atoms with Crippen LogP contribution in [0.3, 0.4) is 0 Å². The molecule has 2 amide bonds. The molecule has 0 bridgehead atoms. The number of nitrogens with two attached hydrogens (primary N) is 1. The molecule has 0 saturated carbocycles. The number of carbonyl (C=O) groups excluding carboxylic acids is 2. The maximum atomic E-state index is 11.4. The third-order valence-electron chi connectivity index (χ3n) is 1.60. The van der Waals surface area contributed by atoms with Gasteiger partial charge in [-0.2, -0.15) is 0 Å². The Hall–Kier alpha value is -1.07. The standard InChI is InChI=1S/C8H9ClN2O2S/c1-4(7(10)12)11-8(13)5-2-6(9)14-3-5/h2-4H,1H3,(H2,10,12)(H,11,13)/t4-/m1/s1. The van der Waals surface area contributed by atoms with Crippen molar-refractivity contribution in [3.63, 3.8) is 0 Å². The van der Waals surface area contributed by atoms with Crippen LogP contribution in [0.5, 0.6) is 0 Å². The van der Waals surface area contributed by atoms with Crippen LogP contribution in [0.25, 0.3) is 0 Å². The number of carbonyl (C=O) groups is 2. The molecular formula is C8H9ClN2O2S. The molecule has 0 fully saturated rings. The third kappa shape index (κ3) is 2.71. The van der Waals surface area contributed by atoms with E-state index in [4.69, 9.17) is 17.3 Å². The Balaban J connectivity index is 2.63. The first-order valence-electron chi connectivity index (χ1n) is 3.85. The minimum absolute atomic E-state index is 0.348. The first kappa shape index (κ1) is 11.0. The number of thiophene rings is 1. The van der Waals surface area contributed by atoms with Crippen LogP contribution in [0, 0.1) is 0 Å². The molecule has 1 rings (SSSR count). The lowest BCUT2D eigenvalue weighted by Gasteiger charge is -2.08. The van der Waals surface area contributed by atoms with Gasteiger partial charge in [0.05, 0.1) is 9.90 Å². The Morgan fingerprint density at radius 1 is 1.64 bits per heavy atom. The van der Waals surface area contributed by atoms with Gasteiger partial charge in [-0.1, -0.05) is 11.6 Å². The topological polar surface area (TPSA) is 72.2 Å². The third-order valence-corrected chi connectivity index (χ3v) is 2.70. The van der Waals surface area contributed by atoms with Crippen molar-refractivity contribution < 1.29 is 9.59 Å². The molecule has 0 aliphatic rings. The number of rotatable bonds is 3. The molecule has 0 aliphatic carbocycles. The zero-order chi connectivity index (χ0) is 10.7. The number of hydrogen-bond acceptors (Lipinski definition) is 3. The quantitative estimate of drug-likeness (QED) is 0.816. The summed E-state index contributed by atoms with van der Waals surface area (Å²) in [6.07, 6.45) is 0. The zero-order valence-electron chi connectivity index (χ0n) is 7.41. The van der Waals surface area contributed by atoms with Crippen molar-refractivity contribution in [2.45, 2.75) is 13.0 Å². The van der Waals surface area contributed by atoms with E-state index in [1.807, 2.05) is 0 Å². The van der Waals surface area contributed by atoms with E-state index in [2.05, 4.69) is 5.32 Å². The lowest BCUT2D eigenvalue weighted by molar-refractivity contribution is -0.119. The summed E-state index contributed by atoms with van der Waals surface area (Å²) < 4.78 is 0.530. The van der Waals surface area contributed by atoms with Crippen molar-refractivity contribution in [2.24, 2.45) is 5.73 Å². The average molecular weight is 233 g/mol. The fraction of sp³-hybridized carbons (Fsp3) is 0.250. The molecule has 1 heterocycles. The summed E-state index contributed by atoms with van der Waals surface area (Å²) in [5, 5.41) is 4.06. The molecule has 0 aliphatic heterocycles. The lowest BCUT2D eigenvalue weighted by atomic mass is 10.2. The molecule has 0 aromatic carbocycles. The zero-order valence-corrected chi connectivity index (χ0v) is 8.98. The Morgan fingerprint density at radius 2 is 2.29 bits per heavy atom. The SMILES string of the molecule is C[C@@H](NC(=O)c1csc(Cl)c1)C(N)=O.